The highest BCUT2D eigenvalue weighted by Gasteiger charge is 2.27. The van der Waals surface area contributed by atoms with Crippen molar-refractivity contribution in [2.24, 2.45) is 0 Å². The molecular weight excluding hydrogens is 603 g/mol. The molecular formula is C32H36Cl2N6O4. The molecule has 0 bridgehead atoms. The van der Waals surface area contributed by atoms with Crippen molar-refractivity contribution in [3.8, 4) is 45.4 Å². The topological polar surface area (TPSA) is 135 Å². The number of aliphatic hydroxyl groups is 2. The Morgan fingerprint density at radius 2 is 1.34 bits per heavy atom. The maximum absolute atomic E-state index is 9.55. The SMILES string of the molecule is CC[C@@H](CO)NCc1ncc(-c2cccc(-c3cccc(-c4cnc(CNC5CC(O)C5)c(OC)n4)c3Cl)c2Cl)nc1OC. The number of hydrogen-bond donors (Lipinski definition) is 4. The largest absolute Gasteiger partial charge is 0.480 e. The van der Waals surface area contributed by atoms with Gasteiger partial charge in [0, 0.05) is 47.4 Å². The molecule has 0 saturated heterocycles. The van der Waals surface area contributed by atoms with Crippen molar-refractivity contribution in [2.75, 3.05) is 20.8 Å². The standard InChI is InChI=1S/C32H36Cl2N6O4/c1-4-18(17-41)35-15-27-31(43-2)39-25(13-37-27)23-9-5-7-21(29(23)33)22-8-6-10-24(30(22)34)26-14-38-28(32(40-26)44-3)16-36-19-11-20(42)12-19/h5-10,13-14,18-20,35-36,41-42H,4,11-12,15-17H2,1-3H3/t18-,19?,20?/m0/s1. The van der Waals surface area contributed by atoms with Crippen LogP contribution < -0.4 is 20.1 Å². The molecule has 0 aliphatic heterocycles. The zero-order valence-electron chi connectivity index (χ0n) is 24.8. The molecule has 5 rings (SSSR count). The summed E-state index contributed by atoms with van der Waals surface area (Å²) in [6.45, 7) is 2.92. The summed E-state index contributed by atoms with van der Waals surface area (Å²) in [6.07, 6.45) is 5.35. The molecule has 4 aromatic rings. The van der Waals surface area contributed by atoms with Gasteiger partial charge in [-0.3, -0.25) is 9.97 Å². The molecule has 1 aliphatic carbocycles. The maximum Gasteiger partial charge on any atom is 0.237 e. The lowest BCUT2D eigenvalue weighted by molar-refractivity contribution is 0.0617. The van der Waals surface area contributed by atoms with Crippen molar-refractivity contribution in [3.05, 3.63) is 70.2 Å². The normalized spacial score (nSPS) is 16.8. The molecule has 10 nitrogen and oxygen atoms in total. The van der Waals surface area contributed by atoms with Crippen molar-refractivity contribution in [3.63, 3.8) is 0 Å². The predicted octanol–water partition coefficient (Wildman–Crippen LogP) is 5.07. The zero-order chi connectivity index (χ0) is 31.2. The number of hydrogen-bond acceptors (Lipinski definition) is 10. The number of aromatic nitrogens is 4. The Morgan fingerprint density at radius 3 is 1.80 bits per heavy atom. The highest BCUT2D eigenvalue weighted by Crippen LogP contribution is 2.42. The second-order valence-electron chi connectivity index (χ2n) is 10.6. The minimum atomic E-state index is -0.234. The van der Waals surface area contributed by atoms with Gasteiger partial charge in [0.05, 0.1) is 60.8 Å². The Kier molecular flexibility index (Phi) is 10.6. The van der Waals surface area contributed by atoms with Crippen LogP contribution in [-0.2, 0) is 13.1 Å². The molecule has 2 aromatic heterocycles. The molecule has 44 heavy (non-hydrogen) atoms. The van der Waals surface area contributed by atoms with Crippen LogP contribution in [0.5, 0.6) is 11.8 Å². The van der Waals surface area contributed by atoms with E-state index in [0.717, 1.165) is 30.4 Å². The van der Waals surface area contributed by atoms with Crippen molar-refractivity contribution in [1.29, 1.82) is 0 Å². The zero-order valence-corrected chi connectivity index (χ0v) is 26.4. The van der Waals surface area contributed by atoms with Gasteiger partial charge in [0.2, 0.25) is 11.8 Å². The van der Waals surface area contributed by atoms with Gasteiger partial charge in [0.15, 0.2) is 0 Å². The minimum Gasteiger partial charge on any atom is -0.480 e. The van der Waals surface area contributed by atoms with E-state index in [-0.39, 0.29) is 24.8 Å². The van der Waals surface area contributed by atoms with E-state index in [2.05, 4.69) is 25.6 Å². The van der Waals surface area contributed by atoms with Crippen molar-refractivity contribution in [1.82, 2.24) is 30.6 Å². The molecule has 0 radical (unpaired) electrons. The van der Waals surface area contributed by atoms with Crippen LogP contribution in [0.1, 0.15) is 37.6 Å². The lowest BCUT2D eigenvalue weighted by Gasteiger charge is -2.32. The summed E-state index contributed by atoms with van der Waals surface area (Å²) in [7, 11) is 3.11. The summed E-state index contributed by atoms with van der Waals surface area (Å²) < 4.78 is 11.1. The van der Waals surface area contributed by atoms with Gasteiger partial charge in [-0.25, -0.2) is 9.97 Å². The van der Waals surface area contributed by atoms with E-state index < -0.39 is 0 Å². The Morgan fingerprint density at radius 1 is 0.841 bits per heavy atom. The van der Waals surface area contributed by atoms with Crippen LogP contribution in [-0.4, -0.2) is 69.2 Å². The van der Waals surface area contributed by atoms with E-state index in [4.69, 9.17) is 37.7 Å². The third-order valence-electron chi connectivity index (χ3n) is 7.79. The smallest absolute Gasteiger partial charge is 0.237 e. The van der Waals surface area contributed by atoms with E-state index in [1.54, 1.807) is 26.6 Å². The van der Waals surface area contributed by atoms with Gasteiger partial charge in [-0.15, -0.1) is 0 Å². The van der Waals surface area contributed by atoms with Crippen molar-refractivity contribution in [2.45, 2.75) is 57.5 Å². The highest BCUT2D eigenvalue weighted by molar-refractivity contribution is 6.39. The van der Waals surface area contributed by atoms with Crippen LogP contribution >= 0.6 is 23.2 Å². The van der Waals surface area contributed by atoms with Crippen LogP contribution in [0.2, 0.25) is 10.0 Å². The quantitative estimate of drug-likeness (QED) is 0.157. The van der Waals surface area contributed by atoms with Gasteiger partial charge >= 0.3 is 0 Å². The summed E-state index contributed by atoms with van der Waals surface area (Å²) in [5.74, 6) is 0.782. The number of nitrogens with one attached hydrogen (secondary N) is 2. The fraction of sp³-hybridized carbons (Fsp3) is 0.375. The first kappa shape index (κ1) is 32.0. The summed E-state index contributed by atoms with van der Waals surface area (Å²) in [5.41, 5.74) is 5.23. The van der Waals surface area contributed by atoms with Crippen LogP contribution in [0.15, 0.2) is 48.8 Å². The fourth-order valence-corrected chi connectivity index (χ4v) is 5.72. The number of ether oxygens (including phenoxy) is 2. The Labute approximate surface area is 266 Å². The predicted molar refractivity (Wildman–Crippen MR) is 171 cm³/mol. The van der Waals surface area contributed by atoms with Gasteiger partial charge in [0.25, 0.3) is 0 Å². The molecule has 1 atom stereocenters. The molecule has 1 fully saturated rings. The number of benzene rings is 2. The summed E-state index contributed by atoms with van der Waals surface area (Å²) in [5, 5.41) is 26.6. The lowest BCUT2D eigenvalue weighted by atomic mass is 9.89. The second kappa shape index (κ2) is 14.6. The van der Waals surface area contributed by atoms with Crippen molar-refractivity contribution < 1.29 is 19.7 Å². The Hall–Kier alpha value is -3.38. The molecule has 1 aliphatic rings. The van der Waals surface area contributed by atoms with Gasteiger partial charge in [0.1, 0.15) is 11.4 Å². The first-order valence-electron chi connectivity index (χ1n) is 14.5. The molecule has 232 valence electrons. The van der Waals surface area contributed by atoms with Crippen molar-refractivity contribution >= 4 is 23.2 Å². The molecule has 1 saturated carbocycles. The maximum atomic E-state index is 9.55. The monoisotopic (exact) mass is 638 g/mol. The Bertz CT molecular complexity index is 1600. The lowest BCUT2D eigenvalue weighted by Crippen LogP contribution is -2.43. The fourth-order valence-electron chi connectivity index (χ4n) is 5.07. The number of rotatable bonds is 13. The summed E-state index contributed by atoms with van der Waals surface area (Å²) in [4.78, 5) is 18.6. The number of methoxy groups -OCH3 is 2. The average molecular weight is 640 g/mol. The molecule has 2 heterocycles. The second-order valence-corrected chi connectivity index (χ2v) is 11.4. The molecule has 0 unspecified atom stereocenters. The number of aliphatic hydroxyl groups excluding tert-OH is 2. The van der Waals surface area contributed by atoms with Gasteiger partial charge in [-0.2, -0.15) is 0 Å². The summed E-state index contributed by atoms with van der Waals surface area (Å²) in [6, 6.07) is 11.6. The number of halogens is 2. The molecule has 0 amide bonds. The molecule has 0 spiro atoms. The van der Waals surface area contributed by atoms with E-state index >= 15 is 0 Å². The molecule has 12 heteroatoms. The van der Waals surface area contributed by atoms with E-state index in [0.29, 0.717) is 68.8 Å². The first-order chi connectivity index (χ1) is 21.4. The van der Waals surface area contributed by atoms with Crippen LogP contribution in [0.3, 0.4) is 0 Å². The average Bonchev–Trinajstić information content (AvgIpc) is 3.03. The molecule has 2 aromatic carbocycles. The van der Waals surface area contributed by atoms with Gasteiger partial charge in [-0.05, 0) is 19.3 Å². The third-order valence-corrected chi connectivity index (χ3v) is 8.61. The molecule has 4 N–H and O–H groups in total. The number of nitrogens with zero attached hydrogens (tertiary/aromatic N) is 4. The first-order valence-corrected chi connectivity index (χ1v) is 15.3. The summed E-state index contributed by atoms with van der Waals surface area (Å²) >= 11 is 14.0. The van der Waals surface area contributed by atoms with E-state index in [1.165, 1.54) is 0 Å². The van der Waals surface area contributed by atoms with E-state index in [1.807, 2.05) is 43.3 Å². The van der Waals surface area contributed by atoms with E-state index in [9.17, 15) is 10.2 Å². The minimum absolute atomic E-state index is 0.0339. The van der Waals surface area contributed by atoms with Gasteiger partial charge < -0.3 is 30.3 Å². The van der Waals surface area contributed by atoms with Crippen LogP contribution in [0.4, 0.5) is 0 Å². The highest BCUT2D eigenvalue weighted by atomic mass is 35.5. The Balaban J connectivity index is 1.42. The van der Waals surface area contributed by atoms with Gasteiger partial charge in [-0.1, -0.05) is 66.5 Å². The van der Waals surface area contributed by atoms with Crippen LogP contribution in [0.25, 0.3) is 33.6 Å². The van der Waals surface area contributed by atoms with Crippen LogP contribution in [0, 0.1) is 0 Å². The third kappa shape index (κ3) is 6.96.